The second-order valence-corrected chi connectivity index (χ2v) is 2.88. The van der Waals surface area contributed by atoms with Crippen molar-refractivity contribution in [3.8, 4) is 5.69 Å². The zero-order chi connectivity index (χ0) is 9.10. The highest BCUT2D eigenvalue weighted by atomic mass is 35.5. The van der Waals surface area contributed by atoms with E-state index in [-0.39, 0.29) is 0 Å². The summed E-state index contributed by atoms with van der Waals surface area (Å²) in [7, 11) is 0. The van der Waals surface area contributed by atoms with Gasteiger partial charge in [-0.25, -0.2) is 4.98 Å². The molecule has 2 heterocycles. The smallest absolute Gasteiger partial charge is 0.0995 e. The van der Waals surface area contributed by atoms with Crippen molar-refractivity contribution in [2.75, 3.05) is 0 Å². The zero-order valence-electron chi connectivity index (χ0n) is 6.89. The van der Waals surface area contributed by atoms with Crippen LogP contribution in [0.15, 0.2) is 37.1 Å². The maximum absolute atomic E-state index is 5.64. The quantitative estimate of drug-likeness (QED) is 0.684. The third kappa shape index (κ3) is 1.70. The highest BCUT2D eigenvalue weighted by molar-refractivity contribution is 6.16. The van der Waals surface area contributed by atoms with Crippen LogP contribution in [0.4, 0.5) is 0 Å². The van der Waals surface area contributed by atoms with E-state index in [1.54, 1.807) is 18.7 Å². The first kappa shape index (κ1) is 8.26. The molecular weight excluding hydrogens is 186 g/mol. The van der Waals surface area contributed by atoms with E-state index in [2.05, 4.69) is 9.97 Å². The molecule has 13 heavy (non-hydrogen) atoms. The van der Waals surface area contributed by atoms with Crippen molar-refractivity contribution in [1.82, 2.24) is 14.5 Å². The lowest BCUT2D eigenvalue weighted by Crippen LogP contribution is -1.88. The number of imidazole rings is 1. The predicted octanol–water partition coefficient (Wildman–Crippen LogP) is 2.01. The van der Waals surface area contributed by atoms with Gasteiger partial charge in [0.1, 0.15) is 0 Å². The third-order valence-electron chi connectivity index (χ3n) is 1.73. The lowest BCUT2D eigenvalue weighted by molar-refractivity contribution is 1.05. The van der Waals surface area contributed by atoms with Gasteiger partial charge in [-0.2, -0.15) is 0 Å². The lowest BCUT2D eigenvalue weighted by atomic mass is 10.4. The monoisotopic (exact) mass is 193 g/mol. The molecule has 0 bridgehead atoms. The Bertz CT molecular complexity index is 383. The molecule has 0 aliphatic rings. The van der Waals surface area contributed by atoms with E-state index in [1.165, 1.54) is 0 Å². The van der Waals surface area contributed by atoms with Crippen LogP contribution < -0.4 is 0 Å². The van der Waals surface area contributed by atoms with Gasteiger partial charge < -0.3 is 4.57 Å². The summed E-state index contributed by atoms with van der Waals surface area (Å²) in [5, 5.41) is 0. The average Bonchev–Trinajstić information content (AvgIpc) is 2.67. The summed E-state index contributed by atoms with van der Waals surface area (Å²) in [6, 6.07) is 3.83. The van der Waals surface area contributed by atoms with Gasteiger partial charge in [0.25, 0.3) is 0 Å². The maximum Gasteiger partial charge on any atom is 0.0995 e. The van der Waals surface area contributed by atoms with Crippen LogP contribution in [-0.2, 0) is 5.88 Å². The molecular formula is C9H8ClN3. The van der Waals surface area contributed by atoms with E-state index < -0.39 is 0 Å². The Morgan fingerprint density at radius 1 is 1.31 bits per heavy atom. The minimum atomic E-state index is 0.443. The minimum Gasteiger partial charge on any atom is -0.306 e. The number of hydrogen-bond donors (Lipinski definition) is 0. The molecule has 66 valence electrons. The van der Waals surface area contributed by atoms with Crippen LogP contribution in [0.3, 0.4) is 0 Å². The van der Waals surface area contributed by atoms with Crippen molar-refractivity contribution in [2.24, 2.45) is 0 Å². The van der Waals surface area contributed by atoms with Gasteiger partial charge in [-0.1, -0.05) is 0 Å². The Morgan fingerprint density at radius 2 is 2.08 bits per heavy atom. The molecule has 0 aliphatic heterocycles. The second-order valence-electron chi connectivity index (χ2n) is 2.61. The summed E-state index contributed by atoms with van der Waals surface area (Å²) in [4.78, 5) is 8.06. The number of hydrogen-bond acceptors (Lipinski definition) is 2. The van der Waals surface area contributed by atoms with Crippen molar-refractivity contribution in [2.45, 2.75) is 5.88 Å². The zero-order valence-corrected chi connectivity index (χ0v) is 7.65. The van der Waals surface area contributed by atoms with Crippen LogP contribution in [-0.4, -0.2) is 14.5 Å². The van der Waals surface area contributed by atoms with Crippen molar-refractivity contribution < 1.29 is 0 Å². The molecule has 0 atom stereocenters. The van der Waals surface area contributed by atoms with Crippen molar-refractivity contribution in [3.63, 3.8) is 0 Å². The van der Waals surface area contributed by atoms with Gasteiger partial charge in [-0.3, -0.25) is 4.98 Å². The fourth-order valence-electron chi connectivity index (χ4n) is 1.09. The summed E-state index contributed by atoms with van der Waals surface area (Å²) in [5.74, 6) is 0.443. The summed E-state index contributed by atoms with van der Waals surface area (Å²) < 4.78 is 1.92. The molecule has 0 unspecified atom stereocenters. The van der Waals surface area contributed by atoms with Crippen LogP contribution >= 0.6 is 11.6 Å². The van der Waals surface area contributed by atoms with Crippen LogP contribution in [0.2, 0.25) is 0 Å². The number of rotatable bonds is 2. The van der Waals surface area contributed by atoms with Gasteiger partial charge in [-0.05, 0) is 12.1 Å². The van der Waals surface area contributed by atoms with Gasteiger partial charge in [0, 0.05) is 24.3 Å². The Balaban J connectivity index is 2.36. The Kier molecular flexibility index (Phi) is 2.27. The first-order valence-electron chi connectivity index (χ1n) is 3.89. The van der Waals surface area contributed by atoms with E-state index in [1.807, 2.05) is 22.9 Å². The molecule has 0 aromatic carbocycles. The van der Waals surface area contributed by atoms with Crippen molar-refractivity contribution in [3.05, 3.63) is 42.7 Å². The maximum atomic E-state index is 5.64. The standard InChI is InChI=1S/C9H8ClN3/c10-5-8-6-13(7-12-8)9-1-3-11-4-2-9/h1-4,6-7H,5H2. The molecule has 0 N–H and O–H groups in total. The number of nitrogens with zero attached hydrogens (tertiary/aromatic N) is 3. The average molecular weight is 194 g/mol. The first-order valence-corrected chi connectivity index (χ1v) is 4.43. The minimum absolute atomic E-state index is 0.443. The van der Waals surface area contributed by atoms with Crippen LogP contribution in [0.5, 0.6) is 0 Å². The first-order chi connectivity index (χ1) is 6.40. The largest absolute Gasteiger partial charge is 0.306 e. The SMILES string of the molecule is ClCc1cn(-c2ccncc2)cn1. The molecule has 0 fully saturated rings. The van der Waals surface area contributed by atoms with E-state index in [0.29, 0.717) is 5.88 Å². The summed E-state index contributed by atoms with van der Waals surface area (Å²) in [6.07, 6.45) is 7.14. The predicted molar refractivity (Wildman–Crippen MR) is 50.9 cm³/mol. The highest BCUT2D eigenvalue weighted by Gasteiger charge is 1.97. The van der Waals surface area contributed by atoms with Crippen molar-refractivity contribution in [1.29, 1.82) is 0 Å². The van der Waals surface area contributed by atoms with Gasteiger partial charge in [0.05, 0.1) is 17.9 Å². The molecule has 2 rings (SSSR count). The highest BCUT2D eigenvalue weighted by Crippen LogP contribution is 2.07. The fourth-order valence-corrected chi connectivity index (χ4v) is 1.23. The summed E-state index contributed by atoms with van der Waals surface area (Å²) >= 11 is 5.64. The van der Waals surface area contributed by atoms with Gasteiger partial charge >= 0.3 is 0 Å². The Morgan fingerprint density at radius 3 is 2.69 bits per heavy atom. The van der Waals surface area contributed by atoms with Crippen LogP contribution in [0.25, 0.3) is 5.69 Å². The van der Waals surface area contributed by atoms with Gasteiger partial charge in [0.15, 0.2) is 0 Å². The molecule has 0 spiro atoms. The molecule has 2 aromatic rings. The number of pyridine rings is 1. The molecule has 0 amide bonds. The summed E-state index contributed by atoms with van der Waals surface area (Å²) in [5.41, 5.74) is 1.91. The van der Waals surface area contributed by atoms with Gasteiger partial charge in [-0.15, -0.1) is 11.6 Å². The fraction of sp³-hybridized carbons (Fsp3) is 0.111. The van der Waals surface area contributed by atoms with E-state index >= 15 is 0 Å². The van der Waals surface area contributed by atoms with Crippen LogP contribution in [0, 0.1) is 0 Å². The molecule has 0 saturated heterocycles. The summed E-state index contributed by atoms with van der Waals surface area (Å²) in [6.45, 7) is 0. The topological polar surface area (TPSA) is 30.7 Å². The number of halogens is 1. The molecule has 0 radical (unpaired) electrons. The van der Waals surface area contributed by atoms with Crippen LogP contribution in [0.1, 0.15) is 5.69 Å². The Hall–Kier alpha value is -1.35. The molecule has 0 aliphatic carbocycles. The lowest BCUT2D eigenvalue weighted by Gasteiger charge is -1.98. The molecule has 4 heteroatoms. The van der Waals surface area contributed by atoms with E-state index in [0.717, 1.165) is 11.4 Å². The number of alkyl halides is 1. The van der Waals surface area contributed by atoms with Gasteiger partial charge in [0.2, 0.25) is 0 Å². The van der Waals surface area contributed by atoms with E-state index in [9.17, 15) is 0 Å². The molecule has 3 nitrogen and oxygen atoms in total. The second kappa shape index (κ2) is 3.58. The number of aromatic nitrogens is 3. The molecule has 0 saturated carbocycles. The van der Waals surface area contributed by atoms with E-state index in [4.69, 9.17) is 11.6 Å². The Labute approximate surface area is 81.0 Å². The third-order valence-corrected chi connectivity index (χ3v) is 2.01. The molecule has 2 aromatic heterocycles. The van der Waals surface area contributed by atoms with Crippen molar-refractivity contribution >= 4 is 11.6 Å². The normalized spacial score (nSPS) is 10.2.